The third kappa shape index (κ3) is 40.4. The fraction of sp³-hybridized carbons (Fsp3) is 0.909. The van der Waals surface area contributed by atoms with E-state index in [2.05, 4.69) is 26.0 Å². The molecule has 0 rings (SSSR count). The standard InChI is InChI=1S/C44H86NO8P/c1-6-8-10-12-14-16-18-20-21-22-23-25-26-28-30-32-34-36-43(46)50-40-42(41-52-54(48,49)51-39-38-45(3,4)5)53-44(47)37-35-33-31-29-27-24-19-17-15-13-11-9-7-2/h17,19,42H,6-16,18,20-41H2,1-5H3/b19-17+/t42-/m1/s1. The van der Waals surface area contributed by atoms with E-state index in [1.807, 2.05) is 21.1 Å². The number of esters is 2. The van der Waals surface area contributed by atoms with Gasteiger partial charge >= 0.3 is 11.9 Å². The number of allylic oxidation sites excluding steroid dienone is 2. The molecule has 54 heavy (non-hydrogen) atoms. The highest BCUT2D eigenvalue weighted by atomic mass is 31.2. The van der Waals surface area contributed by atoms with Crippen LogP contribution in [0.4, 0.5) is 0 Å². The normalized spacial score (nSPS) is 13.7. The Hall–Kier alpha value is -1.25. The zero-order valence-corrected chi connectivity index (χ0v) is 36.8. The molecule has 0 aromatic carbocycles. The Morgan fingerprint density at radius 2 is 0.944 bits per heavy atom. The van der Waals surface area contributed by atoms with Crippen LogP contribution in [-0.4, -0.2) is 70.0 Å². The van der Waals surface area contributed by atoms with Gasteiger partial charge in [-0.25, -0.2) is 0 Å². The Balaban J connectivity index is 4.31. The van der Waals surface area contributed by atoms with E-state index in [0.29, 0.717) is 17.4 Å². The van der Waals surface area contributed by atoms with Crippen LogP contribution in [0, 0.1) is 0 Å². The Labute approximate surface area is 333 Å². The van der Waals surface area contributed by atoms with Crippen molar-refractivity contribution < 1.29 is 42.1 Å². The summed E-state index contributed by atoms with van der Waals surface area (Å²) in [6.45, 7) is 4.22. The van der Waals surface area contributed by atoms with Crippen molar-refractivity contribution in [3.8, 4) is 0 Å². The van der Waals surface area contributed by atoms with Crippen LogP contribution in [0.1, 0.15) is 206 Å². The second-order valence-corrected chi connectivity index (χ2v) is 17.8. The van der Waals surface area contributed by atoms with E-state index in [1.165, 1.54) is 122 Å². The van der Waals surface area contributed by atoms with Gasteiger partial charge in [0, 0.05) is 12.8 Å². The van der Waals surface area contributed by atoms with Crippen molar-refractivity contribution in [1.82, 2.24) is 0 Å². The van der Waals surface area contributed by atoms with Gasteiger partial charge < -0.3 is 27.9 Å². The SMILES string of the molecule is CCCCCC/C=C/CCCCCCCC(=O)O[C@H](COC(=O)CCCCCCCCCCCCCCCCCCC)COP(=O)([O-])OCC[N+](C)(C)C. The zero-order valence-electron chi connectivity index (χ0n) is 35.9. The number of unbranched alkanes of at least 4 members (excludes halogenated alkanes) is 25. The number of carbonyl (C=O) groups excluding carboxylic acids is 2. The monoisotopic (exact) mass is 788 g/mol. The van der Waals surface area contributed by atoms with Gasteiger partial charge in [-0.05, 0) is 38.5 Å². The van der Waals surface area contributed by atoms with Gasteiger partial charge in [-0.2, -0.15) is 0 Å². The van der Waals surface area contributed by atoms with Crippen LogP contribution < -0.4 is 4.89 Å². The van der Waals surface area contributed by atoms with Crippen molar-refractivity contribution in [3.05, 3.63) is 12.2 Å². The molecule has 1 unspecified atom stereocenters. The minimum absolute atomic E-state index is 0.0294. The van der Waals surface area contributed by atoms with E-state index in [0.717, 1.165) is 51.4 Å². The molecule has 0 heterocycles. The van der Waals surface area contributed by atoms with E-state index in [4.69, 9.17) is 18.5 Å². The van der Waals surface area contributed by atoms with Gasteiger partial charge in [0.2, 0.25) is 0 Å². The third-order valence-electron chi connectivity index (χ3n) is 9.79. The van der Waals surface area contributed by atoms with Gasteiger partial charge in [-0.15, -0.1) is 0 Å². The predicted molar refractivity (Wildman–Crippen MR) is 222 cm³/mol. The highest BCUT2D eigenvalue weighted by Gasteiger charge is 2.21. The molecule has 0 bridgehead atoms. The third-order valence-corrected chi connectivity index (χ3v) is 10.7. The van der Waals surface area contributed by atoms with Crippen molar-refractivity contribution in [2.75, 3.05) is 47.5 Å². The number of phosphoric ester groups is 1. The molecule has 0 aromatic rings. The van der Waals surface area contributed by atoms with Gasteiger partial charge in [0.15, 0.2) is 6.10 Å². The molecular weight excluding hydrogens is 701 g/mol. The molecule has 9 nitrogen and oxygen atoms in total. The number of rotatable bonds is 41. The molecule has 0 aromatic heterocycles. The van der Waals surface area contributed by atoms with Crippen LogP contribution >= 0.6 is 7.82 Å². The van der Waals surface area contributed by atoms with Crippen LogP contribution in [0.3, 0.4) is 0 Å². The Kier molecular flexibility index (Phi) is 36.5. The number of hydrogen-bond donors (Lipinski definition) is 0. The maximum atomic E-state index is 12.6. The van der Waals surface area contributed by atoms with Gasteiger partial charge in [0.25, 0.3) is 7.82 Å². The van der Waals surface area contributed by atoms with Gasteiger partial charge in [-0.1, -0.05) is 167 Å². The molecule has 0 radical (unpaired) electrons. The number of ether oxygens (including phenoxy) is 2. The largest absolute Gasteiger partial charge is 0.756 e. The minimum Gasteiger partial charge on any atom is -0.756 e. The molecule has 0 aliphatic carbocycles. The van der Waals surface area contributed by atoms with Crippen LogP contribution in [0.15, 0.2) is 12.2 Å². The summed E-state index contributed by atoms with van der Waals surface area (Å²) < 4.78 is 33.9. The van der Waals surface area contributed by atoms with Gasteiger partial charge in [0.1, 0.15) is 19.8 Å². The summed E-state index contributed by atoms with van der Waals surface area (Å²) in [6.07, 6.45) is 38.0. The van der Waals surface area contributed by atoms with E-state index in [9.17, 15) is 19.0 Å². The Morgan fingerprint density at radius 1 is 0.556 bits per heavy atom. The molecule has 0 spiro atoms. The van der Waals surface area contributed by atoms with Crippen LogP contribution in [0.25, 0.3) is 0 Å². The van der Waals surface area contributed by atoms with Crippen LogP contribution in [0.2, 0.25) is 0 Å². The number of likely N-dealkylation sites (N-methyl/N-ethyl adjacent to an activating group) is 1. The summed E-state index contributed by atoms with van der Waals surface area (Å²) in [7, 11) is 1.17. The highest BCUT2D eigenvalue weighted by molar-refractivity contribution is 7.45. The molecule has 0 aliphatic heterocycles. The lowest BCUT2D eigenvalue weighted by Crippen LogP contribution is -2.37. The van der Waals surface area contributed by atoms with Crippen molar-refractivity contribution in [3.63, 3.8) is 0 Å². The average molecular weight is 788 g/mol. The summed E-state index contributed by atoms with van der Waals surface area (Å²) in [5.41, 5.74) is 0. The van der Waals surface area contributed by atoms with Crippen LogP contribution in [-0.2, 0) is 32.7 Å². The first-order chi connectivity index (χ1) is 26.0. The van der Waals surface area contributed by atoms with Crippen molar-refractivity contribution in [1.29, 1.82) is 0 Å². The smallest absolute Gasteiger partial charge is 0.306 e. The summed E-state index contributed by atoms with van der Waals surface area (Å²) in [5, 5.41) is 0. The summed E-state index contributed by atoms with van der Waals surface area (Å²) in [4.78, 5) is 37.5. The first-order valence-corrected chi connectivity index (χ1v) is 23.9. The number of nitrogens with zero attached hydrogens (tertiary/aromatic N) is 1. The molecule has 0 saturated heterocycles. The van der Waals surface area contributed by atoms with E-state index in [1.54, 1.807) is 0 Å². The fourth-order valence-electron chi connectivity index (χ4n) is 6.24. The quantitative estimate of drug-likeness (QED) is 0.0198. The Morgan fingerprint density at radius 3 is 1.39 bits per heavy atom. The minimum atomic E-state index is -4.62. The van der Waals surface area contributed by atoms with E-state index >= 15 is 0 Å². The first-order valence-electron chi connectivity index (χ1n) is 22.4. The molecule has 0 N–H and O–H groups in total. The van der Waals surface area contributed by atoms with Gasteiger partial charge in [-0.3, -0.25) is 14.2 Å². The molecule has 10 heteroatoms. The average Bonchev–Trinajstić information content (AvgIpc) is 3.12. The lowest BCUT2D eigenvalue weighted by atomic mass is 10.0. The van der Waals surface area contributed by atoms with Crippen molar-refractivity contribution in [2.24, 2.45) is 0 Å². The zero-order chi connectivity index (χ0) is 40.0. The maximum Gasteiger partial charge on any atom is 0.306 e. The predicted octanol–water partition coefficient (Wildman–Crippen LogP) is 11.9. The van der Waals surface area contributed by atoms with Crippen molar-refractivity contribution >= 4 is 19.8 Å². The summed E-state index contributed by atoms with van der Waals surface area (Å²) >= 11 is 0. The summed E-state index contributed by atoms with van der Waals surface area (Å²) in [5.74, 6) is -0.835. The lowest BCUT2D eigenvalue weighted by Gasteiger charge is -2.28. The molecule has 0 amide bonds. The molecular formula is C44H86NO8P. The van der Waals surface area contributed by atoms with Crippen molar-refractivity contribution in [2.45, 2.75) is 213 Å². The molecule has 2 atom stereocenters. The van der Waals surface area contributed by atoms with Gasteiger partial charge in [0.05, 0.1) is 27.7 Å². The number of carbonyl (C=O) groups is 2. The molecule has 0 saturated carbocycles. The topological polar surface area (TPSA) is 111 Å². The second kappa shape index (κ2) is 37.3. The highest BCUT2D eigenvalue weighted by Crippen LogP contribution is 2.38. The number of hydrogen-bond acceptors (Lipinski definition) is 8. The molecule has 0 fully saturated rings. The van der Waals surface area contributed by atoms with E-state index < -0.39 is 26.5 Å². The lowest BCUT2D eigenvalue weighted by molar-refractivity contribution is -0.870. The second-order valence-electron chi connectivity index (χ2n) is 16.4. The fourth-order valence-corrected chi connectivity index (χ4v) is 6.97. The molecule has 320 valence electrons. The first kappa shape index (κ1) is 52.8. The number of phosphoric acid groups is 1. The molecule has 0 aliphatic rings. The maximum absolute atomic E-state index is 12.6. The Bertz CT molecular complexity index is 938. The summed E-state index contributed by atoms with van der Waals surface area (Å²) in [6, 6.07) is 0. The van der Waals surface area contributed by atoms with E-state index in [-0.39, 0.29) is 32.0 Å². The number of quaternary nitrogens is 1. The van der Waals surface area contributed by atoms with Crippen LogP contribution in [0.5, 0.6) is 0 Å².